The largest absolute Gasteiger partial charge is 0.318 e. The SMILES string of the molecule is CNCC(C)(C)SN=O. The van der Waals surface area contributed by atoms with Crippen LogP contribution >= 0.6 is 11.9 Å². The normalized spacial score (nSPS) is 11.4. The van der Waals surface area contributed by atoms with Crippen LogP contribution < -0.4 is 5.32 Å². The van der Waals surface area contributed by atoms with Crippen LogP contribution in [0.2, 0.25) is 0 Å². The standard InChI is InChI=1S/C5H12N2OS/c1-5(2,4-6-3)9-7-8/h6H,4H2,1-3H3. The van der Waals surface area contributed by atoms with Crippen LogP contribution in [0.15, 0.2) is 4.58 Å². The van der Waals surface area contributed by atoms with Crippen LogP contribution in [0.4, 0.5) is 0 Å². The second kappa shape index (κ2) is 3.85. The molecule has 4 heteroatoms. The number of nitroso groups, excluding NO2 is 1. The lowest BCUT2D eigenvalue weighted by Gasteiger charge is -2.17. The molecule has 0 aromatic rings. The smallest absolute Gasteiger partial charge is 0.0480 e. The van der Waals surface area contributed by atoms with Gasteiger partial charge in [-0.15, -0.1) is 4.91 Å². The molecule has 54 valence electrons. The average Bonchev–Trinajstić information content (AvgIpc) is 1.64. The lowest BCUT2D eigenvalue weighted by Crippen LogP contribution is -2.28. The van der Waals surface area contributed by atoms with Gasteiger partial charge in [0.1, 0.15) is 0 Å². The molecular weight excluding hydrogens is 136 g/mol. The third-order valence-corrected chi connectivity index (χ3v) is 1.60. The van der Waals surface area contributed by atoms with Crippen molar-refractivity contribution in [3.63, 3.8) is 0 Å². The molecule has 3 nitrogen and oxygen atoms in total. The lowest BCUT2D eigenvalue weighted by atomic mass is 10.2. The van der Waals surface area contributed by atoms with E-state index in [0.717, 1.165) is 18.5 Å². The number of hydrogen-bond acceptors (Lipinski definition) is 4. The average molecular weight is 148 g/mol. The van der Waals surface area contributed by atoms with E-state index in [1.54, 1.807) is 0 Å². The third kappa shape index (κ3) is 4.42. The molecule has 0 aromatic carbocycles. The molecule has 0 radical (unpaired) electrons. The van der Waals surface area contributed by atoms with E-state index in [1.165, 1.54) is 0 Å². The Hall–Kier alpha value is -0.0900. The molecule has 0 rings (SSSR count). The second-order valence-electron chi connectivity index (χ2n) is 2.46. The maximum absolute atomic E-state index is 9.78. The minimum atomic E-state index is -0.0729. The Bertz CT molecular complexity index is 95.0. The Balaban J connectivity index is 3.55. The van der Waals surface area contributed by atoms with Gasteiger partial charge in [-0.1, -0.05) is 0 Å². The molecule has 0 aliphatic carbocycles. The van der Waals surface area contributed by atoms with Crippen molar-refractivity contribution in [2.75, 3.05) is 13.6 Å². The molecule has 0 saturated heterocycles. The van der Waals surface area contributed by atoms with Gasteiger partial charge in [-0.05, 0) is 20.9 Å². The molecule has 0 aliphatic heterocycles. The van der Waals surface area contributed by atoms with Gasteiger partial charge in [0.15, 0.2) is 0 Å². The van der Waals surface area contributed by atoms with E-state index < -0.39 is 0 Å². The molecule has 0 spiro atoms. The van der Waals surface area contributed by atoms with Crippen molar-refractivity contribution in [1.29, 1.82) is 0 Å². The highest BCUT2D eigenvalue weighted by Crippen LogP contribution is 2.23. The van der Waals surface area contributed by atoms with Crippen molar-refractivity contribution in [1.82, 2.24) is 5.32 Å². The van der Waals surface area contributed by atoms with Crippen LogP contribution in [0.3, 0.4) is 0 Å². The quantitative estimate of drug-likeness (QED) is 0.484. The first-order valence-corrected chi connectivity index (χ1v) is 3.55. The Morgan fingerprint density at radius 3 is 2.56 bits per heavy atom. The molecule has 0 fully saturated rings. The molecule has 0 amide bonds. The zero-order valence-corrected chi connectivity index (χ0v) is 6.79. The van der Waals surface area contributed by atoms with Gasteiger partial charge in [0.25, 0.3) is 0 Å². The van der Waals surface area contributed by atoms with Gasteiger partial charge in [0, 0.05) is 27.8 Å². The van der Waals surface area contributed by atoms with Gasteiger partial charge >= 0.3 is 0 Å². The summed E-state index contributed by atoms with van der Waals surface area (Å²) in [5.41, 5.74) is 0. The summed E-state index contributed by atoms with van der Waals surface area (Å²) >= 11 is 1.07. The molecule has 0 aliphatic rings. The van der Waals surface area contributed by atoms with Gasteiger partial charge in [0.2, 0.25) is 0 Å². The molecule has 1 N–H and O–H groups in total. The van der Waals surface area contributed by atoms with Crippen LogP contribution in [0, 0.1) is 4.91 Å². The van der Waals surface area contributed by atoms with Gasteiger partial charge < -0.3 is 5.32 Å². The highest BCUT2D eigenvalue weighted by molar-refractivity contribution is 7.99. The van der Waals surface area contributed by atoms with E-state index in [1.807, 2.05) is 20.9 Å². The van der Waals surface area contributed by atoms with Crippen molar-refractivity contribution in [2.24, 2.45) is 4.58 Å². The highest BCUT2D eigenvalue weighted by atomic mass is 32.2. The number of nitrogens with one attached hydrogen (secondary N) is 1. The minimum Gasteiger partial charge on any atom is -0.318 e. The predicted molar refractivity (Wildman–Crippen MR) is 41.4 cm³/mol. The summed E-state index contributed by atoms with van der Waals surface area (Å²) in [4.78, 5) is 9.78. The minimum absolute atomic E-state index is 0.0729. The van der Waals surface area contributed by atoms with E-state index in [2.05, 4.69) is 9.90 Å². The monoisotopic (exact) mass is 148 g/mol. The molecule has 0 atom stereocenters. The molecule has 9 heavy (non-hydrogen) atoms. The zero-order chi connectivity index (χ0) is 7.33. The van der Waals surface area contributed by atoms with Gasteiger partial charge in [-0.3, -0.25) is 0 Å². The number of rotatable bonds is 4. The van der Waals surface area contributed by atoms with E-state index >= 15 is 0 Å². The Morgan fingerprint density at radius 2 is 2.22 bits per heavy atom. The Morgan fingerprint density at radius 1 is 1.67 bits per heavy atom. The zero-order valence-electron chi connectivity index (χ0n) is 5.97. The summed E-state index contributed by atoms with van der Waals surface area (Å²) in [5.74, 6) is 0. The van der Waals surface area contributed by atoms with Crippen molar-refractivity contribution in [2.45, 2.75) is 18.6 Å². The first kappa shape index (κ1) is 8.91. The summed E-state index contributed by atoms with van der Waals surface area (Å²) in [5, 5.41) is 2.97. The second-order valence-corrected chi connectivity index (χ2v) is 3.89. The van der Waals surface area contributed by atoms with Crippen LogP contribution in [-0.2, 0) is 0 Å². The summed E-state index contributed by atoms with van der Waals surface area (Å²) < 4.78 is 2.68. The van der Waals surface area contributed by atoms with Crippen LogP contribution in [0.5, 0.6) is 0 Å². The first-order valence-electron chi connectivity index (χ1n) is 2.78. The Kier molecular flexibility index (Phi) is 3.81. The highest BCUT2D eigenvalue weighted by Gasteiger charge is 2.17. The fourth-order valence-electron chi connectivity index (χ4n) is 0.559. The Labute approximate surface area is 59.7 Å². The fourth-order valence-corrected chi connectivity index (χ4v) is 0.970. The van der Waals surface area contributed by atoms with Crippen LogP contribution in [-0.4, -0.2) is 18.3 Å². The molecular formula is C5H12N2OS. The lowest BCUT2D eigenvalue weighted by molar-refractivity contribution is 0.642. The van der Waals surface area contributed by atoms with Crippen molar-refractivity contribution in [3.05, 3.63) is 4.91 Å². The van der Waals surface area contributed by atoms with Crippen molar-refractivity contribution in [3.8, 4) is 0 Å². The summed E-state index contributed by atoms with van der Waals surface area (Å²) in [6.45, 7) is 4.73. The molecule has 0 heterocycles. The third-order valence-electron chi connectivity index (χ3n) is 0.887. The van der Waals surface area contributed by atoms with E-state index in [-0.39, 0.29) is 4.75 Å². The number of nitrogens with zero attached hydrogens (tertiary/aromatic N) is 1. The van der Waals surface area contributed by atoms with Crippen LogP contribution in [0.25, 0.3) is 0 Å². The summed E-state index contributed by atoms with van der Waals surface area (Å²) in [6.07, 6.45) is 0. The molecule has 0 aromatic heterocycles. The predicted octanol–water partition coefficient (Wildman–Crippen LogP) is 1.40. The summed E-state index contributed by atoms with van der Waals surface area (Å²) in [6, 6.07) is 0. The molecule has 0 bridgehead atoms. The van der Waals surface area contributed by atoms with Gasteiger partial charge in [-0.2, -0.15) is 0 Å². The maximum atomic E-state index is 9.78. The van der Waals surface area contributed by atoms with Gasteiger partial charge in [-0.25, -0.2) is 0 Å². The first-order chi connectivity index (χ1) is 4.12. The fraction of sp³-hybridized carbons (Fsp3) is 1.00. The molecule has 0 saturated carbocycles. The van der Waals surface area contributed by atoms with E-state index in [4.69, 9.17) is 0 Å². The summed E-state index contributed by atoms with van der Waals surface area (Å²) in [7, 11) is 1.85. The maximum Gasteiger partial charge on any atom is 0.0480 e. The van der Waals surface area contributed by atoms with E-state index in [9.17, 15) is 4.91 Å². The van der Waals surface area contributed by atoms with Crippen molar-refractivity contribution < 1.29 is 0 Å². The van der Waals surface area contributed by atoms with Crippen molar-refractivity contribution >= 4 is 11.9 Å². The van der Waals surface area contributed by atoms with E-state index in [0.29, 0.717) is 0 Å². The van der Waals surface area contributed by atoms with Crippen LogP contribution in [0.1, 0.15) is 13.8 Å². The number of hydrogen-bond donors (Lipinski definition) is 1. The molecule has 0 unspecified atom stereocenters. The topological polar surface area (TPSA) is 41.5 Å². The van der Waals surface area contributed by atoms with Gasteiger partial charge in [0.05, 0.1) is 0 Å².